The van der Waals surface area contributed by atoms with Crippen LogP contribution in [0.5, 0.6) is 0 Å². The molecule has 18 heavy (non-hydrogen) atoms. The molecule has 0 aromatic carbocycles. The summed E-state index contributed by atoms with van der Waals surface area (Å²) in [7, 11) is 0. The van der Waals surface area contributed by atoms with E-state index >= 15 is 0 Å². The van der Waals surface area contributed by atoms with Crippen molar-refractivity contribution in [3.63, 3.8) is 0 Å². The summed E-state index contributed by atoms with van der Waals surface area (Å²) in [6, 6.07) is 6.30. The van der Waals surface area contributed by atoms with Crippen molar-refractivity contribution in [2.24, 2.45) is 0 Å². The first-order valence-electron chi connectivity index (χ1n) is 6.93. The van der Waals surface area contributed by atoms with E-state index in [-0.39, 0.29) is 6.10 Å². The minimum atomic E-state index is -0.186. The zero-order valence-electron chi connectivity index (χ0n) is 10.7. The number of anilines is 1. The number of nitrogens with zero attached hydrogens (tertiary/aromatic N) is 2. The summed E-state index contributed by atoms with van der Waals surface area (Å²) in [5.74, 6) is 1.63. The van der Waals surface area contributed by atoms with Gasteiger partial charge in [0.15, 0.2) is 0 Å². The highest BCUT2D eigenvalue weighted by molar-refractivity contribution is 5.41. The lowest BCUT2D eigenvalue weighted by atomic mass is 9.94. The van der Waals surface area contributed by atoms with Gasteiger partial charge in [-0.15, -0.1) is 0 Å². The number of pyridine rings is 1. The van der Waals surface area contributed by atoms with Crippen LogP contribution in [0.1, 0.15) is 30.9 Å². The molecule has 2 fully saturated rings. The van der Waals surface area contributed by atoms with Crippen LogP contribution in [0.2, 0.25) is 0 Å². The van der Waals surface area contributed by atoms with Crippen LogP contribution in [-0.4, -0.2) is 42.4 Å². The van der Waals surface area contributed by atoms with Gasteiger partial charge in [0.1, 0.15) is 5.82 Å². The molecule has 0 amide bonds. The maximum atomic E-state index is 9.60. The SMILES string of the molecule is O[C@H]1CCN(c2cccc(C3CCNCC3)n2)C1. The quantitative estimate of drug-likeness (QED) is 0.822. The van der Waals surface area contributed by atoms with Crippen LogP contribution in [0.3, 0.4) is 0 Å². The second-order valence-electron chi connectivity index (χ2n) is 5.33. The third-order valence-electron chi connectivity index (χ3n) is 4.00. The average molecular weight is 247 g/mol. The van der Waals surface area contributed by atoms with Crippen molar-refractivity contribution in [2.75, 3.05) is 31.1 Å². The molecule has 4 nitrogen and oxygen atoms in total. The highest BCUT2D eigenvalue weighted by Crippen LogP contribution is 2.26. The third kappa shape index (κ3) is 2.49. The van der Waals surface area contributed by atoms with Crippen molar-refractivity contribution in [1.29, 1.82) is 0 Å². The maximum Gasteiger partial charge on any atom is 0.128 e. The number of β-amino-alcohol motifs (C(OH)–C–C–N with tert-alkyl or cyclic N) is 1. The summed E-state index contributed by atoms with van der Waals surface area (Å²) in [6.07, 6.45) is 3.03. The molecule has 1 aromatic rings. The highest BCUT2D eigenvalue weighted by atomic mass is 16.3. The maximum absolute atomic E-state index is 9.60. The summed E-state index contributed by atoms with van der Waals surface area (Å²) in [6.45, 7) is 3.84. The van der Waals surface area contributed by atoms with Crippen molar-refractivity contribution in [3.05, 3.63) is 23.9 Å². The molecule has 0 bridgehead atoms. The van der Waals surface area contributed by atoms with E-state index in [0.29, 0.717) is 5.92 Å². The Morgan fingerprint density at radius 3 is 2.78 bits per heavy atom. The zero-order valence-corrected chi connectivity index (χ0v) is 10.7. The molecule has 4 heteroatoms. The van der Waals surface area contributed by atoms with Crippen LogP contribution in [-0.2, 0) is 0 Å². The lowest BCUT2D eigenvalue weighted by Gasteiger charge is -2.24. The van der Waals surface area contributed by atoms with Gasteiger partial charge < -0.3 is 15.3 Å². The smallest absolute Gasteiger partial charge is 0.128 e. The minimum absolute atomic E-state index is 0.186. The fourth-order valence-electron chi connectivity index (χ4n) is 2.91. The Bertz CT molecular complexity index is 384. The number of aromatic nitrogens is 1. The summed E-state index contributed by atoms with van der Waals surface area (Å²) >= 11 is 0. The van der Waals surface area contributed by atoms with Crippen molar-refractivity contribution in [3.8, 4) is 0 Å². The summed E-state index contributed by atoms with van der Waals surface area (Å²) < 4.78 is 0. The Balaban J connectivity index is 1.76. The number of aliphatic hydroxyl groups excluding tert-OH is 1. The van der Waals surface area contributed by atoms with Crippen LogP contribution >= 0.6 is 0 Å². The molecule has 0 aliphatic carbocycles. The van der Waals surface area contributed by atoms with Crippen molar-refractivity contribution >= 4 is 5.82 Å². The largest absolute Gasteiger partial charge is 0.391 e. The van der Waals surface area contributed by atoms with Gasteiger partial charge in [-0.1, -0.05) is 6.07 Å². The Hall–Kier alpha value is -1.13. The van der Waals surface area contributed by atoms with E-state index in [2.05, 4.69) is 28.4 Å². The standard InChI is InChI=1S/C14H21N3O/c18-12-6-9-17(10-12)14-3-1-2-13(16-14)11-4-7-15-8-5-11/h1-3,11-12,15,18H,4-10H2/t12-/m0/s1. The van der Waals surface area contributed by atoms with Gasteiger partial charge in [-0.3, -0.25) is 0 Å². The molecule has 2 aliphatic rings. The molecule has 0 radical (unpaired) electrons. The molecular weight excluding hydrogens is 226 g/mol. The first-order valence-corrected chi connectivity index (χ1v) is 6.93. The van der Waals surface area contributed by atoms with E-state index in [1.807, 2.05) is 0 Å². The second kappa shape index (κ2) is 5.24. The van der Waals surface area contributed by atoms with Gasteiger partial charge >= 0.3 is 0 Å². The summed E-state index contributed by atoms with van der Waals surface area (Å²) in [4.78, 5) is 6.99. The molecule has 2 aliphatic heterocycles. The zero-order chi connectivity index (χ0) is 12.4. The number of rotatable bonds is 2. The van der Waals surface area contributed by atoms with Crippen LogP contribution < -0.4 is 10.2 Å². The molecule has 3 rings (SSSR count). The van der Waals surface area contributed by atoms with Gasteiger partial charge in [0.2, 0.25) is 0 Å². The topological polar surface area (TPSA) is 48.4 Å². The molecule has 3 heterocycles. The van der Waals surface area contributed by atoms with Gasteiger partial charge in [-0.25, -0.2) is 4.98 Å². The van der Waals surface area contributed by atoms with E-state index in [1.54, 1.807) is 0 Å². The van der Waals surface area contributed by atoms with E-state index in [9.17, 15) is 5.11 Å². The van der Waals surface area contributed by atoms with Crippen molar-refractivity contribution in [2.45, 2.75) is 31.3 Å². The predicted octanol–water partition coefficient (Wildman–Crippen LogP) is 1.12. The van der Waals surface area contributed by atoms with Crippen LogP contribution in [0, 0.1) is 0 Å². The van der Waals surface area contributed by atoms with Crippen LogP contribution in [0.25, 0.3) is 0 Å². The Labute approximate surface area is 108 Å². The van der Waals surface area contributed by atoms with E-state index in [1.165, 1.54) is 18.5 Å². The lowest BCUT2D eigenvalue weighted by Crippen LogP contribution is -2.27. The van der Waals surface area contributed by atoms with E-state index < -0.39 is 0 Å². The Morgan fingerprint density at radius 2 is 2.06 bits per heavy atom. The monoisotopic (exact) mass is 247 g/mol. The number of aliphatic hydroxyl groups is 1. The van der Waals surface area contributed by atoms with Gasteiger partial charge in [0.05, 0.1) is 6.10 Å². The summed E-state index contributed by atoms with van der Waals surface area (Å²) in [5.41, 5.74) is 1.22. The highest BCUT2D eigenvalue weighted by Gasteiger charge is 2.22. The molecule has 1 aromatic heterocycles. The predicted molar refractivity (Wildman–Crippen MR) is 71.9 cm³/mol. The van der Waals surface area contributed by atoms with Crippen molar-refractivity contribution in [1.82, 2.24) is 10.3 Å². The molecule has 1 atom stereocenters. The van der Waals surface area contributed by atoms with E-state index in [4.69, 9.17) is 4.98 Å². The first kappa shape index (κ1) is 11.9. The first-order chi connectivity index (χ1) is 8.83. The molecular formula is C14H21N3O. The van der Waals surface area contributed by atoms with Crippen LogP contribution in [0.4, 0.5) is 5.82 Å². The third-order valence-corrected chi connectivity index (χ3v) is 4.00. The lowest BCUT2D eigenvalue weighted by molar-refractivity contribution is 0.198. The normalized spacial score (nSPS) is 25.6. The number of hydrogen-bond acceptors (Lipinski definition) is 4. The average Bonchev–Trinajstić information content (AvgIpc) is 2.87. The second-order valence-corrected chi connectivity index (χ2v) is 5.33. The summed E-state index contributed by atoms with van der Waals surface area (Å²) in [5, 5.41) is 13.0. The fraction of sp³-hybridized carbons (Fsp3) is 0.643. The van der Waals surface area contributed by atoms with Crippen LogP contribution in [0.15, 0.2) is 18.2 Å². The molecule has 2 N–H and O–H groups in total. The van der Waals surface area contributed by atoms with Gasteiger partial charge in [0.25, 0.3) is 0 Å². The molecule has 0 saturated carbocycles. The number of piperidine rings is 1. The fourth-order valence-corrected chi connectivity index (χ4v) is 2.91. The molecule has 0 unspecified atom stereocenters. The molecule has 0 spiro atoms. The number of nitrogens with one attached hydrogen (secondary N) is 1. The Kier molecular flexibility index (Phi) is 3.48. The number of hydrogen-bond donors (Lipinski definition) is 2. The van der Waals surface area contributed by atoms with Crippen molar-refractivity contribution < 1.29 is 5.11 Å². The Morgan fingerprint density at radius 1 is 1.22 bits per heavy atom. The van der Waals surface area contributed by atoms with Gasteiger partial charge in [-0.05, 0) is 44.5 Å². The van der Waals surface area contributed by atoms with Gasteiger partial charge in [0, 0.05) is 24.7 Å². The minimum Gasteiger partial charge on any atom is -0.391 e. The molecule has 2 saturated heterocycles. The molecule has 98 valence electrons. The van der Waals surface area contributed by atoms with E-state index in [0.717, 1.165) is 38.4 Å². The van der Waals surface area contributed by atoms with Gasteiger partial charge in [-0.2, -0.15) is 0 Å².